The molecular weight excluding hydrogens is 254 g/mol. The third kappa shape index (κ3) is 5.39. The summed E-state index contributed by atoms with van der Waals surface area (Å²) in [6.45, 7) is 9.30. The Morgan fingerprint density at radius 2 is 2.00 bits per heavy atom. The highest BCUT2D eigenvalue weighted by Crippen LogP contribution is 2.29. The summed E-state index contributed by atoms with van der Waals surface area (Å²) in [5.74, 6) is 1.70. The van der Waals surface area contributed by atoms with Gasteiger partial charge < -0.3 is 19.5 Å². The summed E-state index contributed by atoms with van der Waals surface area (Å²) in [5.41, 5.74) is 1.16. The van der Waals surface area contributed by atoms with Crippen LogP contribution >= 0.6 is 0 Å². The monoisotopic (exact) mass is 281 g/mol. The maximum absolute atomic E-state index is 5.89. The Bertz CT molecular complexity index is 382. The number of methoxy groups -OCH3 is 1. The summed E-state index contributed by atoms with van der Waals surface area (Å²) < 4.78 is 16.5. The number of ether oxygens (including phenoxy) is 3. The molecule has 0 heterocycles. The molecule has 1 atom stereocenters. The van der Waals surface area contributed by atoms with Crippen molar-refractivity contribution in [2.24, 2.45) is 0 Å². The first kappa shape index (κ1) is 16.8. The molecule has 20 heavy (non-hydrogen) atoms. The van der Waals surface area contributed by atoms with E-state index in [1.54, 1.807) is 7.11 Å². The Hall–Kier alpha value is -1.26. The molecule has 0 amide bonds. The minimum atomic E-state index is 0.257. The standard InChI is InChI=1S/C16H27NO3/c1-5-17-13(3)15-9-8-14(18-4)12-16(15)20-11-7-10-19-6-2/h8-9,12-13,17H,5-7,10-11H2,1-4H3. The third-order valence-electron chi connectivity index (χ3n) is 3.09. The first-order valence-corrected chi connectivity index (χ1v) is 7.34. The fraction of sp³-hybridized carbons (Fsp3) is 0.625. The van der Waals surface area contributed by atoms with Crippen LogP contribution < -0.4 is 14.8 Å². The molecule has 1 aromatic carbocycles. The molecule has 0 aliphatic carbocycles. The summed E-state index contributed by atoms with van der Waals surface area (Å²) in [6, 6.07) is 6.23. The summed E-state index contributed by atoms with van der Waals surface area (Å²) in [4.78, 5) is 0. The van der Waals surface area contributed by atoms with Gasteiger partial charge in [-0.25, -0.2) is 0 Å². The smallest absolute Gasteiger partial charge is 0.127 e. The molecule has 0 saturated carbocycles. The van der Waals surface area contributed by atoms with E-state index >= 15 is 0 Å². The quantitative estimate of drug-likeness (QED) is 0.669. The van der Waals surface area contributed by atoms with E-state index in [0.717, 1.165) is 43.2 Å². The Balaban J connectivity index is 2.68. The van der Waals surface area contributed by atoms with Crippen molar-refractivity contribution in [2.45, 2.75) is 33.2 Å². The van der Waals surface area contributed by atoms with Gasteiger partial charge in [0.1, 0.15) is 11.5 Å². The zero-order chi connectivity index (χ0) is 14.8. The largest absolute Gasteiger partial charge is 0.497 e. The van der Waals surface area contributed by atoms with E-state index in [4.69, 9.17) is 14.2 Å². The zero-order valence-corrected chi connectivity index (χ0v) is 13.1. The molecule has 1 aromatic rings. The maximum atomic E-state index is 5.89. The summed E-state index contributed by atoms with van der Waals surface area (Å²) >= 11 is 0. The summed E-state index contributed by atoms with van der Waals surface area (Å²) in [6.07, 6.45) is 0.889. The van der Waals surface area contributed by atoms with E-state index in [9.17, 15) is 0 Å². The van der Waals surface area contributed by atoms with E-state index < -0.39 is 0 Å². The Kier molecular flexibility index (Phi) is 8.07. The van der Waals surface area contributed by atoms with Crippen molar-refractivity contribution >= 4 is 0 Å². The van der Waals surface area contributed by atoms with E-state index in [1.807, 2.05) is 19.1 Å². The van der Waals surface area contributed by atoms with E-state index in [1.165, 1.54) is 0 Å². The normalized spacial score (nSPS) is 12.2. The molecule has 1 unspecified atom stereocenters. The van der Waals surface area contributed by atoms with Gasteiger partial charge in [-0.3, -0.25) is 0 Å². The van der Waals surface area contributed by atoms with Crippen LogP contribution in [0.4, 0.5) is 0 Å². The molecule has 4 nitrogen and oxygen atoms in total. The Labute approximate surface area is 122 Å². The van der Waals surface area contributed by atoms with Gasteiger partial charge in [0.2, 0.25) is 0 Å². The van der Waals surface area contributed by atoms with E-state index in [-0.39, 0.29) is 6.04 Å². The summed E-state index contributed by atoms with van der Waals surface area (Å²) in [7, 11) is 1.67. The lowest BCUT2D eigenvalue weighted by atomic mass is 10.1. The highest BCUT2D eigenvalue weighted by atomic mass is 16.5. The molecule has 0 fully saturated rings. The Morgan fingerprint density at radius 3 is 2.65 bits per heavy atom. The lowest BCUT2D eigenvalue weighted by molar-refractivity contribution is 0.130. The van der Waals surface area contributed by atoms with Crippen LogP contribution in [0, 0.1) is 0 Å². The summed E-state index contributed by atoms with van der Waals surface area (Å²) in [5, 5.41) is 3.40. The number of rotatable bonds is 10. The first-order valence-electron chi connectivity index (χ1n) is 7.34. The topological polar surface area (TPSA) is 39.7 Å². The van der Waals surface area contributed by atoms with Crippen molar-refractivity contribution in [1.82, 2.24) is 5.32 Å². The molecule has 0 saturated heterocycles. The van der Waals surface area contributed by atoms with Crippen LogP contribution in [-0.4, -0.2) is 33.5 Å². The molecule has 0 radical (unpaired) electrons. The molecule has 114 valence electrons. The van der Waals surface area contributed by atoms with Crippen LogP contribution in [-0.2, 0) is 4.74 Å². The minimum Gasteiger partial charge on any atom is -0.497 e. The second kappa shape index (κ2) is 9.61. The van der Waals surface area contributed by atoms with Gasteiger partial charge in [0.15, 0.2) is 0 Å². The van der Waals surface area contributed by atoms with Crippen LogP contribution in [0.1, 0.15) is 38.8 Å². The predicted molar refractivity (Wildman–Crippen MR) is 81.7 cm³/mol. The molecule has 0 spiro atoms. The highest BCUT2D eigenvalue weighted by molar-refractivity contribution is 5.42. The molecule has 0 bridgehead atoms. The van der Waals surface area contributed by atoms with Gasteiger partial charge in [-0.15, -0.1) is 0 Å². The second-order valence-electron chi connectivity index (χ2n) is 4.58. The molecule has 1 N–H and O–H groups in total. The van der Waals surface area contributed by atoms with Crippen LogP contribution in [0.2, 0.25) is 0 Å². The lowest BCUT2D eigenvalue weighted by Gasteiger charge is -2.18. The van der Waals surface area contributed by atoms with Crippen molar-refractivity contribution in [1.29, 1.82) is 0 Å². The van der Waals surface area contributed by atoms with Gasteiger partial charge in [-0.05, 0) is 26.5 Å². The third-order valence-corrected chi connectivity index (χ3v) is 3.09. The van der Waals surface area contributed by atoms with Gasteiger partial charge in [-0.2, -0.15) is 0 Å². The molecular formula is C16H27NO3. The lowest BCUT2D eigenvalue weighted by Crippen LogP contribution is -2.18. The molecule has 4 heteroatoms. The fourth-order valence-electron chi connectivity index (χ4n) is 2.03. The van der Waals surface area contributed by atoms with Crippen LogP contribution in [0.15, 0.2) is 18.2 Å². The van der Waals surface area contributed by atoms with Gasteiger partial charge in [0, 0.05) is 37.3 Å². The van der Waals surface area contributed by atoms with E-state index in [0.29, 0.717) is 6.61 Å². The van der Waals surface area contributed by atoms with Crippen LogP contribution in [0.3, 0.4) is 0 Å². The van der Waals surface area contributed by atoms with Gasteiger partial charge in [-0.1, -0.05) is 13.0 Å². The zero-order valence-electron chi connectivity index (χ0n) is 13.1. The number of nitrogens with one attached hydrogen (secondary N) is 1. The van der Waals surface area contributed by atoms with Crippen LogP contribution in [0.5, 0.6) is 11.5 Å². The average Bonchev–Trinajstić information content (AvgIpc) is 2.47. The first-order chi connectivity index (χ1) is 9.72. The second-order valence-corrected chi connectivity index (χ2v) is 4.58. The average molecular weight is 281 g/mol. The highest BCUT2D eigenvalue weighted by Gasteiger charge is 2.12. The van der Waals surface area contributed by atoms with Gasteiger partial charge in [0.05, 0.1) is 13.7 Å². The SMILES string of the molecule is CCNC(C)c1ccc(OC)cc1OCCCOCC. The molecule has 0 aromatic heterocycles. The van der Waals surface area contributed by atoms with Crippen LogP contribution in [0.25, 0.3) is 0 Å². The molecule has 1 rings (SSSR count). The number of benzene rings is 1. The van der Waals surface area contributed by atoms with E-state index in [2.05, 4.69) is 25.2 Å². The van der Waals surface area contributed by atoms with Crippen molar-refractivity contribution in [2.75, 3.05) is 33.5 Å². The Morgan fingerprint density at radius 1 is 1.20 bits per heavy atom. The van der Waals surface area contributed by atoms with Crippen molar-refractivity contribution in [3.05, 3.63) is 23.8 Å². The predicted octanol–water partition coefficient (Wildman–Crippen LogP) is 3.17. The van der Waals surface area contributed by atoms with Crippen molar-refractivity contribution in [3.8, 4) is 11.5 Å². The maximum Gasteiger partial charge on any atom is 0.127 e. The van der Waals surface area contributed by atoms with Gasteiger partial charge in [0.25, 0.3) is 0 Å². The minimum absolute atomic E-state index is 0.257. The number of hydrogen-bond donors (Lipinski definition) is 1. The molecule has 0 aliphatic rings. The fourth-order valence-corrected chi connectivity index (χ4v) is 2.03. The van der Waals surface area contributed by atoms with Gasteiger partial charge >= 0.3 is 0 Å². The number of hydrogen-bond acceptors (Lipinski definition) is 4. The molecule has 0 aliphatic heterocycles. The van der Waals surface area contributed by atoms with Crippen molar-refractivity contribution < 1.29 is 14.2 Å². The van der Waals surface area contributed by atoms with Crippen molar-refractivity contribution in [3.63, 3.8) is 0 Å².